The Morgan fingerprint density at radius 2 is 2.29 bits per heavy atom. The highest BCUT2D eigenvalue weighted by atomic mass is 16.5. The molecule has 24 heavy (non-hydrogen) atoms. The predicted molar refractivity (Wildman–Crippen MR) is 88.8 cm³/mol. The number of benzene rings is 1. The standard InChI is InChI=1S/C18H23NO5/c1-22-11-15-14-4-2-3-5-16(14)24-17(15)18(21)19-13(9-20)8-12-6-7-23-10-12/h2-5,12-13,20H,6-11H2,1H3,(H,19,21). The van der Waals surface area contributed by atoms with Crippen molar-refractivity contribution in [3.05, 3.63) is 35.6 Å². The molecule has 1 aromatic heterocycles. The first kappa shape index (κ1) is 17.0. The lowest BCUT2D eigenvalue weighted by Crippen LogP contribution is -2.39. The zero-order valence-corrected chi connectivity index (χ0v) is 13.8. The number of nitrogens with one attached hydrogen (secondary N) is 1. The maximum Gasteiger partial charge on any atom is 0.287 e. The lowest BCUT2D eigenvalue weighted by atomic mass is 9.99. The maximum absolute atomic E-state index is 12.7. The van der Waals surface area contributed by atoms with Crippen LogP contribution >= 0.6 is 0 Å². The van der Waals surface area contributed by atoms with Crippen molar-refractivity contribution in [2.75, 3.05) is 26.9 Å². The number of hydrogen-bond donors (Lipinski definition) is 2. The Bertz CT molecular complexity index is 690. The van der Waals surface area contributed by atoms with E-state index in [0.717, 1.165) is 24.0 Å². The summed E-state index contributed by atoms with van der Waals surface area (Å²) >= 11 is 0. The molecule has 1 aliphatic rings. The molecule has 6 heteroatoms. The third-order valence-corrected chi connectivity index (χ3v) is 4.39. The minimum Gasteiger partial charge on any atom is -0.451 e. The number of methoxy groups -OCH3 is 1. The fourth-order valence-electron chi connectivity index (χ4n) is 3.17. The fraction of sp³-hybridized carbons (Fsp3) is 0.500. The highest BCUT2D eigenvalue weighted by Gasteiger charge is 2.25. The normalized spacial score (nSPS) is 18.8. The molecular weight excluding hydrogens is 310 g/mol. The minimum absolute atomic E-state index is 0.109. The van der Waals surface area contributed by atoms with Gasteiger partial charge in [-0.2, -0.15) is 0 Å². The van der Waals surface area contributed by atoms with Crippen LogP contribution in [0, 0.1) is 5.92 Å². The van der Waals surface area contributed by atoms with E-state index in [1.807, 2.05) is 24.3 Å². The van der Waals surface area contributed by atoms with Crippen LogP contribution in [0.25, 0.3) is 11.0 Å². The van der Waals surface area contributed by atoms with Gasteiger partial charge in [0.25, 0.3) is 5.91 Å². The molecule has 2 heterocycles. The molecule has 0 radical (unpaired) electrons. The van der Waals surface area contributed by atoms with Crippen molar-refractivity contribution in [1.82, 2.24) is 5.32 Å². The van der Waals surface area contributed by atoms with Gasteiger partial charge in [-0.1, -0.05) is 18.2 Å². The molecule has 2 atom stereocenters. The number of amides is 1. The van der Waals surface area contributed by atoms with Gasteiger partial charge < -0.3 is 24.3 Å². The number of para-hydroxylation sites is 1. The molecule has 2 N–H and O–H groups in total. The average Bonchev–Trinajstić information content (AvgIpc) is 3.23. The zero-order valence-electron chi connectivity index (χ0n) is 13.8. The maximum atomic E-state index is 12.7. The Morgan fingerprint density at radius 1 is 1.46 bits per heavy atom. The van der Waals surface area contributed by atoms with Crippen molar-refractivity contribution in [1.29, 1.82) is 0 Å². The Morgan fingerprint density at radius 3 is 3.00 bits per heavy atom. The first-order chi connectivity index (χ1) is 11.7. The molecule has 2 unspecified atom stereocenters. The van der Waals surface area contributed by atoms with Crippen molar-refractivity contribution in [3.8, 4) is 0 Å². The van der Waals surface area contributed by atoms with Gasteiger partial charge in [0, 0.05) is 31.3 Å². The third kappa shape index (κ3) is 3.61. The van der Waals surface area contributed by atoms with Crippen LogP contribution < -0.4 is 5.32 Å². The summed E-state index contributed by atoms with van der Waals surface area (Å²) in [7, 11) is 1.58. The van der Waals surface area contributed by atoms with E-state index in [1.165, 1.54) is 0 Å². The average molecular weight is 333 g/mol. The monoisotopic (exact) mass is 333 g/mol. The van der Waals surface area contributed by atoms with E-state index in [2.05, 4.69) is 5.32 Å². The summed E-state index contributed by atoms with van der Waals surface area (Å²) in [6.07, 6.45) is 1.66. The summed E-state index contributed by atoms with van der Waals surface area (Å²) in [5, 5.41) is 13.3. The molecule has 0 spiro atoms. The van der Waals surface area contributed by atoms with Gasteiger partial charge >= 0.3 is 0 Å². The Kier molecular flexibility index (Phi) is 5.50. The van der Waals surface area contributed by atoms with Crippen LogP contribution in [0.1, 0.15) is 29.0 Å². The van der Waals surface area contributed by atoms with Crippen LogP contribution in [0.3, 0.4) is 0 Å². The summed E-state index contributed by atoms with van der Waals surface area (Å²) in [4.78, 5) is 12.7. The third-order valence-electron chi connectivity index (χ3n) is 4.39. The largest absolute Gasteiger partial charge is 0.451 e. The summed E-state index contributed by atoms with van der Waals surface area (Å²) in [6, 6.07) is 7.18. The van der Waals surface area contributed by atoms with Crippen LogP contribution in [0.5, 0.6) is 0 Å². The number of rotatable bonds is 7. The fourth-order valence-corrected chi connectivity index (χ4v) is 3.17. The predicted octanol–water partition coefficient (Wildman–Crippen LogP) is 2.10. The van der Waals surface area contributed by atoms with Crippen molar-refractivity contribution in [2.24, 2.45) is 5.92 Å². The first-order valence-electron chi connectivity index (χ1n) is 8.21. The SMILES string of the molecule is COCc1c(C(=O)NC(CO)CC2CCOC2)oc2ccccc12. The Labute approximate surface area is 140 Å². The number of carbonyl (C=O) groups is 1. The van der Waals surface area contributed by atoms with Gasteiger partial charge in [-0.25, -0.2) is 0 Å². The van der Waals surface area contributed by atoms with Crippen molar-refractivity contribution < 1.29 is 23.8 Å². The van der Waals surface area contributed by atoms with E-state index in [1.54, 1.807) is 7.11 Å². The molecule has 1 aliphatic heterocycles. The van der Waals surface area contributed by atoms with Gasteiger partial charge in [-0.3, -0.25) is 4.79 Å². The number of ether oxygens (including phenoxy) is 2. The topological polar surface area (TPSA) is 80.9 Å². The van der Waals surface area contributed by atoms with E-state index >= 15 is 0 Å². The summed E-state index contributed by atoms with van der Waals surface area (Å²) < 4.78 is 16.3. The molecule has 0 saturated carbocycles. The van der Waals surface area contributed by atoms with Gasteiger partial charge in [0.15, 0.2) is 5.76 Å². The number of hydrogen-bond acceptors (Lipinski definition) is 5. The second-order valence-electron chi connectivity index (χ2n) is 6.16. The molecule has 1 aromatic carbocycles. The Balaban J connectivity index is 1.77. The Hall–Kier alpha value is -1.89. The molecule has 1 saturated heterocycles. The van der Waals surface area contributed by atoms with Gasteiger partial charge in [-0.05, 0) is 24.8 Å². The van der Waals surface area contributed by atoms with E-state index in [4.69, 9.17) is 13.9 Å². The summed E-state index contributed by atoms with van der Waals surface area (Å²) in [5.41, 5.74) is 1.38. The lowest BCUT2D eigenvalue weighted by molar-refractivity contribution is 0.0871. The highest BCUT2D eigenvalue weighted by Crippen LogP contribution is 2.27. The van der Waals surface area contributed by atoms with Gasteiger partial charge in [0.05, 0.1) is 19.3 Å². The van der Waals surface area contributed by atoms with Crippen molar-refractivity contribution in [3.63, 3.8) is 0 Å². The molecule has 6 nitrogen and oxygen atoms in total. The number of aliphatic hydroxyl groups is 1. The minimum atomic E-state index is -0.323. The quantitative estimate of drug-likeness (QED) is 0.811. The number of carbonyl (C=O) groups excluding carboxylic acids is 1. The molecule has 3 rings (SSSR count). The molecule has 130 valence electrons. The number of furan rings is 1. The van der Waals surface area contributed by atoms with Crippen LogP contribution in [0.4, 0.5) is 0 Å². The molecular formula is C18H23NO5. The molecule has 1 fully saturated rings. The second kappa shape index (κ2) is 7.79. The first-order valence-corrected chi connectivity index (χ1v) is 8.21. The van der Waals surface area contributed by atoms with Crippen LogP contribution in [0.2, 0.25) is 0 Å². The summed E-state index contributed by atoms with van der Waals surface area (Å²) in [6.45, 7) is 1.62. The second-order valence-corrected chi connectivity index (χ2v) is 6.16. The summed E-state index contributed by atoms with van der Waals surface area (Å²) in [5.74, 6) is 0.298. The van der Waals surface area contributed by atoms with Gasteiger partial charge in [0.1, 0.15) is 5.58 Å². The van der Waals surface area contributed by atoms with E-state index in [-0.39, 0.29) is 24.3 Å². The van der Waals surface area contributed by atoms with E-state index < -0.39 is 0 Å². The molecule has 0 bridgehead atoms. The van der Waals surface area contributed by atoms with Crippen LogP contribution in [-0.4, -0.2) is 44.0 Å². The smallest absolute Gasteiger partial charge is 0.287 e. The highest BCUT2D eigenvalue weighted by molar-refractivity contribution is 5.99. The van der Waals surface area contributed by atoms with Gasteiger partial charge in [-0.15, -0.1) is 0 Å². The number of aliphatic hydroxyl groups excluding tert-OH is 1. The van der Waals surface area contributed by atoms with E-state index in [0.29, 0.717) is 31.1 Å². The number of fused-ring (bicyclic) bond motifs is 1. The van der Waals surface area contributed by atoms with E-state index in [9.17, 15) is 9.90 Å². The van der Waals surface area contributed by atoms with Crippen molar-refractivity contribution >= 4 is 16.9 Å². The van der Waals surface area contributed by atoms with Crippen molar-refractivity contribution in [2.45, 2.75) is 25.5 Å². The van der Waals surface area contributed by atoms with Crippen LogP contribution in [-0.2, 0) is 16.1 Å². The molecule has 2 aromatic rings. The van der Waals surface area contributed by atoms with Crippen LogP contribution in [0.15, 0.2) is 28.7 Å². The molecule has 1 amide bonds. The lowest BCUT2D eigenvalue weighted by Gasteiger charge is -2.18. The van der Waals surface area contributed by atoms with Gasteiger partial charge in [0.2, 0.25) is 0 Å². The molecule has 0 aliphatic carbocycles. The zero-order chi connectivity index (χ0) is 16.9.